The minimum Gasteiger partial charge on any atom is -0.197 e. The Morgan fingerprint density at radius 1 is 1.42 bits per heavy atom. The lowest BCUT2D eigenvalue weighted by Gasteiger charge is -2.00. The summed E-state index contributed by atoms with van der Waals surface area (Å²) in [6.45, 7) is 3.90. The molecule has 0 radical (unpaired) electrons. The first-order chi connectivity index (χ1) is 5.83. The van der Waals surface area contributed by atoms with Gasteiger partial charge in [0, 0.05) is 0 Å². The number of allylic oxidation sites excluding steroid dienone is 1. The SMILES string of the molecule is C=C1Cc2ccccc2C1C#N. The predicted molar refractivity (Wildman–Crippen MR) is 47.6 cm³/mol. The fourth-order valence-electron chi connectivity index (χ4n) is 1.70. The van der Waals surface area contributed by atoms with E-state index < -0.39 is 0 Å². The number of fused-ring (bicyclic) bond motifs is 1. The summed E-state index contributed by atoms with van der Waals surface area (Å²) in [5.41, 5.74) is 3.43. The molecule has 2 rings (SSSR count). The molecule has 0 aliphatic heterocycles. The van der Waals surface area contributed by atoms with Crippen LogP contribution in [0.4, 0.5) is 0 Å². The second-order valence-electron chi connectivity index (χ2n) is 3.10. The summed E-state index contributed by atoms with van der Waals surface area (Å²) in [6.07, 6.45) is 0.869. The molecule has 1 unspecified atom stereocenters. The normalized spacial score (nSPS) is 20.2. The van der Waals surface area contributed by atoms with Gasteiger partial charge in [-0.05, 0) is 17.5 Å². The Morgan fingerprint density at radius 2 is 2.17 bits per heavy atom. The van der Waals surface area contributed by atoms with Gasteiger partial charge in [0.1, 0.15) is 0 Å². The van der Waals surface area contributed by atoms with Crippen LogP contribution in [0.2, 0.25) is 0 Å². The Balaban J connectivity index is 2.56. The van der Waals surface area contributed by atoms with Gasteiger partial charge in [0.05, 0.1) is 12.0 Å². The third kappa shape index (κ3) is 0.853. The van der Waals surface area contributed by atoms with E-state index in [0.717, 1.165) is 17.6 Å². The Labute approximate surface area is 72.0 Å². The number of nitriles is 1. The van der Waals surface area contributed by atoms with E-state index in [2.05, 4.69) is 18.7 Å². The monoisotopic (exact) mass is 155 g/mol. The smallest absolute Gasteiger partial charge is 0.0926 e. The fraction of sp³-hybridized carbons (Fsp3) is 0.182. The Hall–Kier alpha value is -1.55. The Kier molecular flexibility index (Phi) is 1.48. The van der Waals surface area contributed by atoms with Crippen molar-refractivity contribution in [3.63, 3.8) is 0 Å². The van der Waals surface area contributed by atoms with Gasteiger partial charge in [-0.1, -0.05) is 36.4 Å². The van der Waals surface area contributed by atoms with Gasteiger partial charge >= 0.3 is 0 Å². The van der Waals surface area contributed by atoms with Crippen LogP contribution in [0.3, 0.4) is 0 Å². The van der Waals surface area contributed by atoms with Gasteiger partial charge in [-0.25, -0.2) is 0 Å². The van der Waals surface area contributed by atoms with Gasteiger partial charge in [-0.3, -0.25) is 0 Å². The molecule has 1 aromatic carbocycles. The second-order valence-corrected chi connectivity index (χ2v) is 3.10. The number of rotatable bonds is 0. The van der Waals surface area contributed by atoms with E-state index in [1.165, 1.54) is 5.56 Å². The van der Waals surface area contributed by atoms with Crippen LogP contribution in [0.5, 0.6) is 0 Å². The molecule has 58 valence electrons. The van der Waals surface area contributed by atoms with Gasteiger partial charge in [0.2, 0.25) is 0 Å². The van der Waals surface area contributed by atoms with Crippen molar-refractivity contribution in [2.24, 2.45) is 0 Å². The van der Waals surface area contributed by atoms with E-state index in [9.17, 15) is 0 Å². The Bertz CT molecular complexity index is 371. The van der Waals surface area contributed by atoms with Gasteiger partial charge in [-0.2, -0.15) is 5.26 Å². The molecule has 12 heavy (non-hydrogen) atoms. The van der Waals surface area contributed by atoms with Crippen LogP contribution in [-0.2, 0) is 6.42 Å². The minimum atomic E-state index is -0.0683. The molecule has 1 atom stereocenters. The fourth-order valence-corrected chi connectivity index (χ4v) is 1.70. The lowest BCUT2D eigenvalue weighted by atomic mass is 10.0. The van der Waals surface area contributed by atoms with E-state index in [1.807, 2.05) is 18.2 Å². The zero-order chi connectivity index (χ0) is 8.55. The van der Waals surface area contributed by atoms with Crippen molar-refractivity contribution in [1.29, 1.82) is 5.26 Å². The van der Waals surface area contributed by atoms with Crippen LogP contribution in [0.1, 0.15) is 17.0 Å². The summed E-state index contributed by atoms with van der Waals surface area (Å²) < 4.78 is 0. The molecule has 0 fully saturated rings. The molecule has 0 N–H and O–H groups in total. The summed E-state index contributed by atoms with van der Waals surface area (Å²) in [6, 6.07) is 10.3. The number of nitrogens with zero attached hydrogens (tertiary/aromatic N) is 1. The predicted octanol–water partition coefficient (Wildman–Crippen LogP) is 2.41. The highest BCUT2D eigenvalue weighted by Crippen LogP contribution is 2.35. The van der Waals surface area contributed by atoms with Gasteiger partial charge in [-0.15, -0.1) is 0 Å². The number of hydrogen-bond acceptors (Lipinski definition) is 1. The van der Waals surface area contributed by atoms with Crippen molar-refractivity contribution in [3.05, 3.63) is 47.5 Å². The molecule has 0 spiro atoms. The van der Waals surface area contributed by atoms with E-state index in [0.29, 0.717) is 0 Å². The maximum atomic E-state index is 8.87. The molecule has 1 nitrogen and oxygen atoms in total. The first-order valence-corrected chi connectivity index (χ1v) is 3.98. The minimum absolute atomic E-state index is 0.0683. The molecule has 0 amide bonds. The van der Waals surface area contributed by atoms with E-state index in [1.54, 1.807) is 0 Å². The van der Waals surface area contributed by atoms with E-state index in [4.69, 9.17) is 5.26 Å². The number of benzene rings is 1. The third-order valence-electron chi connectivity index (χ3n) is 2.32. The summed E-state index contributed by atoms with van der Waals surface area (Å²) in [7, 11) is 0. The Morgan fingerprint density at radius 3 is 2.92 bits per heavy atom. The molecular weight excluding hydrogens is 146 g/mol. The molecular formula is C11H9N. The van der Waals surface area contributed by atoms with Crippen molar-refractivity contribution in [1.82, 2.24) is 0 Å². The first kappa shape index (κ1) is 7.12. The molecule has 1 heteroatoms. The molecule has 0 saturated heterocycles. The molecule has 0 heterocycles. The summed E-state index contributed by atoms with van der Waals surface area (Å²) in [5.74, 6) is -0.0683. The largest absolute Gasteiger partial charge is 0.197 e. The quantitative estimate of drug-likeness (QED) is 0.528. The van der Waals surface area contributed by atoms with E-state index >= 15 is 0 Å². The molecule has 1 aliphatic rings. The van der Waals surface area contributed by atoms with Crippen LogP contribution >= 0.6 is 0 Å². The molecule has 0 aromatic heterocycles. The maximum Gasteiger partial charge on any atom is 0.0926 e. The zero-order valence-electron chi connectivity index (χ0n) is 6.75. The lowest BCUT2D eigenvalue weighted by Crippen LogP contribution is -1.89. The summed E-state index contributed by atoms with van der Waals surface area (Å²) in [4.78, 5) is 0. The highest BCUT2D eigenvalue weighted by Gasteiger charge is 2.24. The third-order valence-corrected chi connectivity index (χ3v) is 2.32. The van der Waals surface area contributed by atoms with Crippen LogP contribution in [0, 0.1) is 11.3 Å². The maximum absolute atomic E-state index is 8.87. The van der Waals surface area contributed by atoms with Crippen LogP contribution < -0.4 is 0 Å². The van der Waals surface area contributed by atoms with Crippen molar-refractivity contribution in [2.45, 2.75) is 12.3 Å². The zero-order valence-corrected chi connectivity index (χ0v) is 6.75. The van der Waals surface area contributed by atoms with E-state index in [-0.39, 0.29) is 5.92 Å². The van der Waals surface area contributed by atoms with Crippen LogP contribution in [-0.4, -0.2) is 0 Å². The highest BCUT2D eigenvalue weighted by atomic mass is 14.3. The van der Waals surface area contributed by atoms with Crippen molar-refractivity contribution >= 4 is 0 Å². The summed E-state index contributed by atoms with van der Waals surface area (Å²) in [5, 5.41) is 8.87. The summed E-state index contributed by atoms with van der Waals surface area (Å²) >= 11 is 0. The average molecular weight is 155 g/mol. The van der Waals surface area contributed by atoms with Crippen LogP contribution in [0.15, 0.2) is 36.4 Å². The molecule has 1 aliphatic carbocycles. The first-order valence-electron chi connectivity index (χ1n) is 3.98. The van der Waals surface area contributed by atoms with Crippen molar-refractivity contribution in [2.75, 3.05) is 0 Å². The average Bonchev–Trinajstić information content (AvgIpc) is 2.40. The van der Waals surface area contributed by atoms with Crippen molar-refractivity contribution < 1.29 is 0 Å². The standard InChI is InChI=1S/C11H9N/c1-8-6-9-4-2-3-5-10(9)11(8)7-12/h2-5,11H,1,6H2. The molecule has 0 saturated carbocycles. The van der Waals surface area contributed by atoms with Gasteiger partial charge in [0.25, 0.3) is 0 Å². The van der Waals surface area contributed by atoms with Crippen molar-refractivity contribution in [3.8, 4) is 6.07 Å². The lowest BCUT2D eigenvalue weighted by molar-refractivity contribution is 1.05. The topological polar surface area (TPSA) is 23.8 Å². The van der Waals surface area contributed by atoms with Crippen LogP contribution in [0.25, 0.3) is 0 Å². The van der Waals surface area contributed by atoms with Gasteiger partial charge < -0.3 is 0 Å². The number of hydrogen-bond donors (Lipinski definition) is 0. The molecule has 1 aromatic rings. The highest BCUT2D eigenvalue weighted by molar-refractivity contribution is 5.48. The second kappa shape index (κ2) is 2.49. The van der Waals surface area contributed by atoms with Gasteiger partial charge in [0.15, 0.2) is 0 Å². The molecule has 0 bridgehead atoms.